The lowest BCUT2D eigenvalue weighted by Gasteiger charge is -2.15. The van der Waals surface area contributed by atoms with Crippen LogP contribution in [0.1, 0.15) is 28.9 Å². The van der Waals surface area contributed by atoms with Crippen LogP contribution in [-0.2, 0) is 4.79 Å². The first-order valence-electron chi connectivity index (χ1n) is 6.13. The highest BCUT2D eigenvalue weighted by Crippen LogP contribution is 2.23. The van der Waals surface area contributed by atoms with Crippen LogP contribution in [0.4, 0.5) is 0 Å². The molecule has 0 saturated carbocycles. The van der Waals surface area contributed by atoms with Gasteiger partial charge in [0.25, 0.3) is 0 Å². The van der Waals surface area contributed by atoms with Gasteiger partial charge >= 0.3 is 5.97 Å². The number of carboxylic acids is 1. The second kappa shape index (κ2) is 6.02. The molecule has 4 nitrogen and oxygen atoms in total. The number of ketones is 1. The number of carboxylic acid groups (broad SMARTS) is 1. The van der Waals surface area contributed by atoms with Gasteiger partial charge in [0, 0.05) is 11.1 Å². The number of rotatable bonds is 5. The normalized spacial score (nSPS) is 11.7. The van der Waals surface area contributed by atoms with Crippen molar-refractivity contribution in [2.45, 2.75) is 13.0 Å². The Labute approximate surface area is 116 Å². The van der Waals surface area contributed by atoms with Crippen LogP contribution >= 0.6 is 0 Å². The Morgan fingerprint density at radius 3 is 2.35 bits per heavy atom. The molecule has 1 N–H and O–H groups in total. The van der Waals surface area contributed by atoms with Gasteiger partial charge in [0.2, 0.25) is 6.10 Å². The first-order valence-corrected chi connectivity index (χ1v) is 6.13. The molecule has 2 aromatic rings. The van der Waals surface area contributed by atoms with Crippen molar-refractivity contribution in [2.75, 3.05) is 0 Å². The third kappa shape index (κ3) is 3.23. The number of benzene rings is 2. The van der Waals surface area contributed by atoms with Crippen molar-refractivity contribution in [1.82, 2.24) is 0 Å². The predicted molar refractivity (Wildman–Crippen MR) is 73.9 cm³/mol. The lowest BCUT2D eigenvalue weighted by atomic mass is 10.1. The molecule has 0 spiro atoms. The van der Waals surface area contributed by atoms with Crippen LogP contribution in [0.3, 0.4) is 0 Å². The molecule has 2 aromatic carbocycles. The minimum Gasteiger partial charge on any atom is -0.478 e. The Kier molecular flexibility index (Phi) is 4.15. The van der Waals surface area contributed by atoms with E-state index in [4.69, 9.17) is 4.74 Å². The van der Waals surface area contributed by atoms with E-state index >= 15 is 0 Å². The maximum atomic E-state index is 11.3. The van der Waals surface area contributed by atoms with Gasteiger partial charge in [-0.05, 0) is 19.1 Å². The Balaban J connectivity index is 2.27. The first-order chi connectivity index (χ1) is 9.58. The molecule has 0 radical (unpaired) electrons. The van der Waals surface area contributed by atoms with Crippen LogP contribution in [0.25, 0.3) is 0 Å². The summed E-state index contributed by atoms with van der Waals surface area (Å²) >= 11 is 0. The summed E-state index contributed by atoms with van der Waals surface area (Å²) < 4.78 is 5.50. The molecule has 0 heterocycles. The number of carbonyl (C=O) groups is 2. The molecule has 0 amide bonds. The summed E-state index contributed by atoms with van der Waals surface area (Å²) in [6.07, 6.45) is -1.10. The first kappa shape index (κ1) is 13.8. The molecular formula is C16H14O4. The van der Waals surface area contributed by atoms with E-state index in [2.05, 4.69) is 0 Å². The number of hydrogen-bond donors (Lipinski definition) is 1. The molecule has 4 heteroatoms. The SMILES string of the molecule is CC(=O)c1cccc(OC(C(=O)O)c2ccccc2)c1. The molecule has 1 atom stereocenters. The highest BCUT2D eigenvalue weighted by molar-refractivity contribution is 5.94. The molecule has 0 saturated heterocycles. The fourth-order valence-electron chi connectivity index (χ4n) is 1.81. The quantitative estimate of drug-likeness (QED) is 0.848. The molecular weight excluding hydrogens is 256 g/mol. The lowest BCUT2D eigenvalue weighted by molar-refractivity contribution is -0.145. The topological polar surface area (TPSA) is 63.6 Å². The second-order valence-corrected chi connectivity index (χ2v) is 4.33. The van der Waals surface area contributed by atoms with Gasteiger partial charge in [-0.25, -0.2) is 4.79 Å². The van der Waals surface area contributed by atoms with E-state index in [9.17, 15) is 14.7 Å². The standard InChI is InChI=1S/C16H14O4/c1-11(17)13-8-5-9-14(10-13)20-15(16(18)19)12-6-3-2-4-7-12/h2-10,15H,1H3,(H,18,19). The van der Waals surface area contributed by atoms with Gasteiger partial charge < -0.3 is 9.84 Å². The van der Waals surface area contributed by atoms with E-state index in [0.29, 0.717) is 16.9 Å². The van der Waals surface area contributed by atoms with Gasteiger partial charge in [-0.1, -0.05) is 42.5 Å². The Hall–Kier alpha value is -2.62. The molecule has 0 aliphatic carbocycles. The fourth-order valence-corrected chi connectivity index (χ4v) is 1.81. The van der Waals surface area contributed by atoms with Crippen molar-refractivity contribution in [1.29, 1.82) is 0 Å². The number of carbonyl (C=O) groups excluding carboxylic acids is 1. The third-order valence-electron chi connectivity index (χ3n) is 2.82. The minimum absolute atomic E-state index is 0.0953. The molecule has 20 heavy (non-hydrogen) atoms. The minimum atomic E-state index is -1.10. The van der Waals surface area contributed by atoms with Gasteiger partial charge in [0.05, 0.1) is 0 Å². The molecule has 0 aliphatic rings. The van der Waals surface area contributed by atoms with E-state index in [0.717, 1.165) is 0 Å². The largest absolute Gasteiger partial charge is 0.478 e. The smallest absolute Gasteiger partial charge is 0.349 e. The van der Waals surface area contributed by atoms with Gasteiger partial charge in [-0.3, -0.25) is 4.79 Å². The molecule has 2 rings (SSSR count). The van der Waals surface area contributed by atoms with Crippen LogP contribution < -0.4 is 4.74 Å². The maximum absolute atomic E-state index is 11.3. The van der Waals surface area contributed by atoms with E-state index in [1.165, 1.54) is 6.92 Å². The Bertz CT molecular complexity index is 619. The van der Waals surface area contributed by atoms with Crippen LogP contribution in [0.5, 0.6) is 5.75 Å². The van der Waals surface area contributed by atoms with Gasteiger partial charge in [-0.2, -0.15) is 0 Å². The highest BCUT2D eigenvalue weighted by Gasteiger charge is 2.21. The summed E-state index contributed by atoms with van der Waals surface area (Å²) in [5, 5.41) is 9.27. The predicted octanol–water partition coefficient (Wildman–Crippen LogP) is 3.09. The Morgan fingerprint density at radius 1 is 1.05 bits per heavy atom. The summed E-state index contributed by atoms with van der Waals surface area (Å²) in [5.74, 6) is -0.819. The zero-order valence-electron chi connectivity index (χ0n) is 10.9. The van der Waals surface area contributed by atoms with Crippen LogP contribution in [0, 0.1) is 0 Å². The summed E-state index contributed by atoms with van der Waals surface area (Å²) in [6, 6.07) is 15.2. The molecule has 102 valence electrons. The van der Waals surface area contributed by atoms with Crippen molar-refractivity contribution in [2.24, 2.45) is 0 Å². The number of hydrogen-bond acceptors (Lipinski definition) is 3. The summed E-state index contributed by atoms with van der Waals surface area (Å²) in [6.45, 7) is 1.45. The van der Waals surface area contributed by atoms with Gasteiger partial charge in [-0.15, -0.1) is 0 Å². The summed E-state index contributed by atoms with van der Waals surface area (Å²) in [7, 11) is 0. The number of aliphatic carboxylic acids is 1. The molecule has 1 unspecified atom stereocenters. The zero-order valence-corrected chi connectivity index (χ0v) is 10.9. The van der Waals surface area contributed by atoms with Gasteiger partial charge in [0.15, 0.2) is 5.78 Å². The second-order valence-electron chi connectivity index (χ2n) is 4.33. The molecule has 0 aliphatic heterocycles. The molecule has 0 fully saturated rings. The van der Waals surface area contributed by atoms with E-state index in [1.807, 2.05) is 0 Å². The maximum Gasteiger partial charge on any atom is 0.349 e. The summed E-state index contributed by atoms with van der Waals surface area (Å²) in [5.41, 5.74) is 1.04. The fraction of sp³-hybridized carbons (Fsp3) is 0.125. The van der Waals surface area contributed by atoms with E-state index < -0.39 is 12.1 Å². The van der Waals surface area contributed by atoms with Crippen molar-refractivity contribution in [3.63, 3.8) is 0 Å². The highest BCUT2D eigenvalue weighted by atomic mass is 16.5. The monoisotopic (exact) mass is 270 g/mol. The van der Waals surface area contributed by atoms with Crippen molar-refractivity contribution in [3.8, 4) is 5.75 Å². The molecule has 0 bridgehead atoms. The Morgan fingerprint density at radius 2 is 1.75 bits per heavy atom. The van der Waals surface area contributed by atoms with Crippen LogP contribution in [-0.4, -0.2) is 16.9 Å². The number of ether oxygens (including phenoxy) is 1. The molecule has 0 aromatic heterocycles. The van der Waals surface area contributed by atoms with Gasteiger partial charge in [0.1, 0.15) is 5.75 Å². The van der Waals surface area contributed by atoms with Crippen molar-refractivity contribution in [3.05, 3.63) is 65.7 Å². The number of Topliss-reactive ketones (excluding diaryl/α,β-unsaturated/α-hetero) is 1. The summed E-state index contributed by atoms with van der Waals surface area (Å²) in [4.78, 5) is 22.6. The van der Waals surface area contributed by atoms with Crippen molar-refractivity contribution >= 4 is 11.8 Å². The van der Waals surface area contributed by atoms with Crippen LogP contribution in [0.2, 0.25) is 0 Å². The van der Waals surface area contributed by atoms with Crippen LogP contribution in [0.15, 0.2) is 54.6 Å². The zero-order chi connectivity index (χ0) is 14.5. The average Bonchev–Trinajstić information content (AvgIpc) is 2.45. The van der Waals surface area contributed by atoms with E-state index in [1.54, 1.807) is 54.6 Å². The van der Waals surface area contributed by atoms with Crippen molar-refractivity contribution < 1.29 is 19.4 Å². The van der Waals surface area contributed by atoms with E-state index in [-0.39, 0.29) is 5.78 Å². The average molecular weight is 270 g/mol. The lowest BCUT2D eigenvalue weighted by Crippen LogP contribution is -2.18. The third-order valence-corrected chi connectivity index (χ3v) is 2.82.